The van der Waals surface area contributed by atoms with Gasteiger partial charge in [0, 0.05) is 18.1 Å². The summed E-state index contributed by atoms with van der Waals surface area (Å²) in [5.41, 5.74) is 0. The van der Waals surface area contributed by atoms with Crippen molar-refractivity contribution in [2.75, 3.05) is 13.6 Å². The largest absolute Gasteiger partial charge is 0.353 e. The average Bonchev–Trinajstić information content (AvgIpc) is 2.36. The molecule has 5 heteroatoms. The Morgan fingerprint density at radius 3 is 2.19 bits per heavy atom. The molecule has 21 heavy (non-hydrogen) atoms. The predicted octanol–water partition coefficient (Wildman–Crippen LogP) is 1.62. The number of hydrogen-bond acceptors (Lipinski definition) is 3. The summed E-state index contributed by atoms with van der Waals surface area (Å²) in [5.74, 6) is 0.0986. The number of nitrogens with one attached hydrogen (secondary N) is 1. The molecule has 122 valence electrons. The summed E-state index contributed by atoms with van der Waals surface area (Å²) in [6.07, 6.45) is 3.33. The fraction of sp³-hybridized carbons (Fsp3) is 0.875. The van der Waals surface area contributed by atoms with Crippen molar-refractivity contribution in [1.82, 2.24) is 15.1 Å². The molecule has 0 aromatic rings. The molecule has 1 heterocycles. The zero-order valence-electron chi connectivity index (χ0n) is 14.3. The third kappa shape index (κ3) is 4.99. The van der Waals surface area contributed by atoms with Gasteiger partial charge in [-0.1, -0.05) is 0 Å². The zero-order valence-corrected chi connectivity index (χ0v) is 14.3. The van der Waals surface area contributed by atoms with Crippen molar-refractivity contribution in [2.24, 2.45) is 0 Å². The molecule has 1 aliphatic heterocycles. The molecule has 0 bridgehead atoms. The van der Waals surface area contributed by atoms with E-state index in [2.05, 4.69) is 19.2 Å². The van der Waals surface area contributed by atoms with E-state index in [1.54, 1.807) is 0 Å². The van der Waals surface area contributed by atoms with Crippen LogP contribution < -0.4 is 5.32 Å². The zero-order chi connectivity index (χ0) is 16.2. The maximum atomic E-state index is 12.7. The van der Waals surface area contributed by atoms with Gasteiger partial charge in [-0.05, 0) is 60.9 Å². The Labute approximate surface area is 129 Å². The van der Waals surface area contributed by atoms with Gasteiger partial charge in [-0.3, -0.25) is 14.5 Å². The quantitative estimate of drug-likeness (QED) is 0.839. The van der Waals surface area contributed by atoms with Crippen LogP contribution in [0, 0.1) is 0 Å². The van der Waals surface area contributed by atoms with Crippen LogP contribution in [0.4, 0.5) is 0 Å². The van der Waals surface area contributed by atoms with E-state index in [0.29, 0.717) is 12.1 Å². The summed E-state index contributed by atoms with van der Waals surface area (Å²) in [6, 6.07) is 0.438. The van der Waals surface area contributed by atoms with Gasteiger partial charge >= 0.3 is 0 Å². The van der Waals surface area contributed by atoms with Crippen LogP contribution in [0.25, 0.3) is 0 Å². The highest BCUT2D eigenvalue weighted by Crippen LogP contribution is 2.23. The molecule has 1 aliphatic rings. The summed E-state index contributed by atoms with van der Waals surface area (Å²) in [5, 5.41) is 2.86. The van der Waals surface area contributed by atoms with Crippen molar-refractivity contribution in [1.29, 1.82) is 0 Å². The maximum Gasteiger partial charge on any atom is 0.240 e. The number of amides is 2. The molecule has 5 nitrogen and oxygen atoms in total. The molecule has 0 unspecified atom stereocenters. The lowest BCUT2D eigenvalue weighted by Gasteiger charge is -2.41. The van der Waals surface area contributed by atoms with Crippen LogP contribution in [0.5, 0.6) is 0 Å². The number of nitrogens with zero attached hydrogens (tertiary/aromatic N) is 2. The highest BCUT2D eigenvalue weighted by atomic mass is 16.2. The van der Waals surface area contributed by atoms with Crippen LogP contribution >= 0.6 is 0 Å². The van der Waals surface area contributed by atoms with Crippen LogP contribution in [0.1, 0.15) is 53.9 Å². The number of carbonyl (C=O) groups excluding carboxylic acids is 2. The second kappa shape index (κ2) is 7.78. The SMILES string of the molecule is CC(C)NC(=O)CN(C)[C@H](C)C(=O)N1[C@H](C)CCC[C@H]1C. The standard InChI is InChI=1S/C16H31N3O2/c1-11(2)17-15(20)10-18(6)14(5)16(21)19-12(3)8-7-9-13(19)4/h11-14H,7-10H2,1-6H3,(H,17,20)/t12-,13-,14-/m1/s1. The highest BCUT2D eigenvalue weighted by Gasteiger charge is 2.33. The Bertz CT molecular complexity index is 361. The van der Waals surface area contributed by atoms with E-state index in [9.17, 15) is 9.59 Å². The van der Waals surface area contributed by atoms with E-state index in [1.165, 1.54) is 6.42 Å². The first-order valence-electron chi connectivity index (χ1n) is 8.05. The summed E-state index contributed by atoms with van der Waals surface area (Å²) in [7, 11) is 1.84. The fourth-order valence-electron chi connectivity index (χ4n) is 2.99. The van der Waals surface area contributed by atoms with Crippen molar-refractivity contribution in [3.05, 3.63) is 0 Å². The van der Waals surface area contributed by atoms with Crippen molar-refractivity contribution in [3.63, 3.8) is 0 Å². The van der Waals surface area contributed by atoms with E-state index >= 15 is 0 Å². The number of piperidine rings is 1. The van der Waals surface area contributed by atoms with Gasteiger partial charge in [-0.15, -0.1) is 0 Å². The van der Waals surface area contributed by atoms with E-state index in [4.69, 9.17) is 0 Å². The van der Waals surface area contributed by atoms with Gasteiger partial charge in [0.05, 0.1) is 12.6 Å². The molecule has 1 fully saturated rings. The van der Waals surface area contributed by atoms with Gasteiger partial charge in [0.2, 0.25) is 11.8 Å². The lowest BCUT2D eigenvalue weighted by atomic mass is 9.96. The van der Waals surface area contributed by atoms with Gasteiger partial charge in [0.25, 0.3) is 0 Å². The van der Waals surface area contributed by atoms with Crippen molar-refractivity contribution >= 4 is 11.8 Å². The Morgan fingerprint density at radius 1 is 1.19 bits per heavy atom. The second-order valence-corrected chi connectivity index (χ2v) is 6.69. The first-order valence-corrected chi connectivity index (χ1v) is 8.05. The molecule has 0 saturated carbocycles. The molecule has 0 radical (unpaired) electrons. The molecule has 1 saturated heterocycles. The normalized spacial score (nSPS) is 24.3. The molecule has 3 atom stereocenters. The fourth-order valence-corrected chi connectivity index (χ4v) is 2.99. The van der Waals surface area contributed by atoms with Crippen LogP contribution in [-0.2, 0) is 9.59 Å². The number of carbonyl (C=O) groups is 2. The lowest BCUT2D eigenvalue weighted by molar-refractivity contribution is -0.142. The predicted molar refractivity (Wildman–Crippen MR) is 85.0 cm³/mol. The Kier molecular flexibility index (Phi) is 6.65. The minimum absolute atomic E-state index is 0.0353. The van der Waals surface area contributed by atoms with E-state index in [1.807, 2.05) is 37.6 Å². The van der Waals surface area contributed by atoms with Crippen LogP contribution in [0.15, 0.2) is 0 Å². The summed E-state index contributed by atoms with van der Waals surface area (Å²) >= 11 is 0. The van der Waals surface area contributed by atoms with E-state index < -0.39 is 0 Å². The summed E-state index contributed by atoms with van der Waals surface area (Å²) in [6.45, 7) is 10.2. The molecule has 1 N–H and O–H groups in total. The second-order valence-electron chi connectivity index (χ2n) is 6.69. The Hall–Kier alpha value is -1.10. The van der Waals surface area contributed by atoms with Crippen LogP contribution in [0.2, 0.25) is 0 Å². The smallest absolute Gasteiger partial charge is 0.240 e. The third-order valence-electron chi connectivity index (χ3n) is 4.31. The molecular formula is C16H31N3O2. The van der Waals surface area contributed by atoms with Gasteiger partial charge < -0.3 is 10.2 Å². The molecule has 0 aromatic heterocycles. The van der Waals surface area contributed by atoms with Gasteiger partial charge in [-0.2, -0.15) is 0 Å². The molecule has 0 spiro atoms. The van der Waals surface area contributed by atoms with Gasteiger partial charge in [0.1, 0.15) is 0 Å². The molecule has 0 aliphatic carbocycles. The van der Waals surface area contributed by atoms with Crippen molar-refractivity contribution in [2.45, 2.75) is 78.0 Å². The number of hydrogen-bond donors (Lipinski definition) is 1. The van der Waals surface area contributed by atoms with Crippen molar-refractivity contribution < 1.29 is 9.59 Å². The summed E-state index contributed by atoms with van der Waals surface area (Å²) in [4.78, 5) is 28.4. The minimum atomic E-state index is -0.272. The Balaban J connectivity index is 2.61. The number of likely N-dealkylation sites (tertiary alicyclic amines) is 1. The van der Waals surface area contributed by atoms with E-state index in [0.717, 1.165) is 12.8 Å². The van der Waals surface area contributed by atoms with Crippen LogP contribution in [-0.4, -0.2) is 59.4 Å². The minimum Gasteiger partial charge on any atom is -0.353 e. The van der Waals surface area contributed by atoms with Gasteiger partial charge in [0.15, 0.2) is 0 Å². The van der Waals surface area contributed by atoms with E-state index in [-0.39, 0.29) is 30.4 Å². The van der Waals surface area contributed by atoms with Crippen molar-refractivity contribution in [3.8, 4) is 0 Å². The highest BCUT2D eigenvalue weighted by molar-refractivity contribution is 5.84. The maximum absolute atomic E-state index is 12.7. The first kappa shape index (κ1) is 18.0. The summed E-state index contributed by atoms with van der Waals surface area (Å²) < 4.78 is 0. The molecule has 1 rings (SSSR count). The average molecular weight is 297 g/mol. The molecule has 2 amide bonds. The lowest BCUT2D eigenvalue weighted by Crippen LogP contribution is -2.55. The third-order valence-corrected chi connectivity index (χ3v) is 4.31. The topological polar surface area (TPSA) is 52.7 Å². The van der Waals surface area contributed by atoms with Crippen LogP contribution in [0.3, 0.4) is 0 Å². The first-order chi connectivity index (χ1) is 9.73. The molecular weight excluding hydrogens is 266 g/mol. The number of likely N-dealkylation sites (N-methyl/N-ethyl adjacent to an activating group) is 1. The Morgan fingerprint density at radius 2 is 1.71 bits per heavy atom. The molecule has 0 aromatic carbocycles. The van der Waals surface area contributed by atoms with Gasteiger partial charge in [-0.25, -0.2) is 0 Å². The number of rotatable bonds is 5. The monoisotopic (exact) mass is 297 g/mol.